The molecule has 1 aliphatic rings. The van der Waals surface area contributed by atoms with Crippen molar-refractivity contribution in [1.29, 1.82) is 0 Å². The fourth-order valence-electron chi connectivity index (χ4n) is 2.55. The Labute approximate surface area is 127 Å². The number of amides is 1. The van der Waals surface area contributed by atoms with Crippen molar-refractivity contribution in [3.63, 3.8) is 0 Å². The first kappa shape index (κ1) is 15.9. The van der Waals surface area contributed by atoms with E-state index in [2.05, 4.69) is 22.9 Å². The predicted octanol–water partition coefficient (Wildman–Crippen LogP) is 1.10. The quantitative estimate of drug-likeness (QED) is 0.852. The van der Waals surface area contributed by atoms with Crippen molar-refractivity contribution in [2.75, 3.05) is 32.7 Å². The minimum atomic E-state index is 0.274. The molecule has 0 spiro atoms. The highest BCUT2D eigenvalue weighted by Gasteiger charge is 2.21. The molecule has 1 atom stereocenters. The molecule has 1 aromatic heterocycles. The molecule has 2 rings (SSSR count). The number of hydrogen-bond donors (Lipinski definition) is 1. The molecule has 0 saturated carbocycles. The van der Waals surface area contributed by atoms with Gasteiger partial charge in [-0.2, -0.15) is 0 Å². The standard InChI is InChI=1S/C16H26N4O/c1-14(11-17)4-5-16(21)20-9-7-19(8-10-20)13-15-3-2-6-18-12-15/h2-3,6,12,14H,4-5,7-11,13,17H2,1H3. The van der Waals surface area contributed by atoms with Gasteiger partial charge in [-0.05, 0) is 30.5 Å². The summed E-state index contributed by atoms with van der Waals surface area (Å²) in [4.78, 5) is 20.6. The summed E-state index contributed by atoms with van der Waals surface area (Å²) in [5.41, 5.74) is 6.82. The Hall–Kier alpha value is -1.46. The fourth-order valence-corrected chi connectivity index (χ4v) is 2.55. The van der Waals surface area contributed by atoms with E-state index in [0.29, 0.717) is 18.9 Å². The number of piperazine rings is 1. The van der Waals surface area contributed by atoms with Crippen molar-refractivity contribution < 1.29 is 4.79 Å². The van der Waals surface area contributed by atoms with Crippen LogP contribution in [0.1, 0.15) is 25.3 Å². The van der Waals surface area contributed by atoms with Gasteiger partial charge in [0.2, 0.25) is 5.91 Å². The topological polar surface area (TPSA) is 62.5 Å². The summed E-state index contributed by atoms with van der Waals surface area (Å²) in [5, 5.41) is 0. The minimum absolute atomic E-state index is 0.274. The van der Waals surface area contributed by atoms with Gasteiger partial charge in [0.1, 0.15) is 0 Å². The first-order valence-electron chi connectivity index (χ1n) is 7.78. The molecule has 5 heteroatoms. The highest BCUT2D eigenvalue weighted by Crippen LogP contribution is 2.11. The van der Waals surface area contributed by atoms with Gasteiger partial charge in [0, 0.05) is 51.5 Å². The van der Waals surface area contributed by atoms with Gasteiger partial charge >= 0.3 is 0 Å². The normalized spacial score (nSPS) is 17.7. The number of carbonyl (C=O) groups is 1. The molecule has 1 fully saturated rings. The second-order valence-corrected chi connectivity index (χ2v) is 5.90. The Morgan fingerprint density at radius 3 is 2.76 bits per heavy atom. The number of hydrogen-bond acceptors (Lipinski definition) is 4. The summed E-state index contributed by atoms with van der Waals surface area (Å²) in [6.07, 6.45) is 5.22. The van der Waals surface area contributed by atoms with Gasteiger partial charge in [0.15, 0.2) is 0 Å². The minimum Gasteiger partial charge on any atom is -0.340 e. The van der Waals surface area contributed by atoms with Crippen LogP contribution in [-0.2, 0) is 11.3 Å². The lowest BCUT2D eigenvalue weighted by atomic mass is 10.1. The van der Waals surface area contributed by atoms with Crippen molar-refractivity contribution in [3.05, 3.63) is 30.1 Å². The molecule has 1 amide bonds. The fraction of sp³-hybridized carbons (Fsp3) is 0.625. The number of nitrogens with zero attached hydrogens (tertiary/aromatic N) is 3. The summed E-state index contributed by atoms with van der Waals surface area (Å²) in [5.74, 6) is 0.706. The van der Waals surface area contributed by atoms with Gasteiger partial charge < -0.3 is 10.6 Å². The molecule has 21 heavy (non-hydrogen) atoms. The van der Waals surface area contributed by atoms with E-state index in [1.165, 1.54) is 5.56 Å². The van der Waals surface area contributed by atoms with Crippen LogP contribution >= 0.6 is 0 Å². The third kappa shape index (κ3) is 5.10. The number of nitrogens with two attached hydrogens (primary N) is 1. The molecule has 0 aliphatic carbocycles. The number of carbonyl (C=O) groups excluding carboxylic acids is 1. The molecule has 1 aliphatic heterocycles. The van der Waals surface area contributed by atoms with E-state index >= 15 is 0 Å². The van der Waals surface area contributed by atoms with E-state index in [9.17, 15) is 4.79 Å². The van der Waals surface area contributed by atoms with Crippen molar-refractivity contribution in [2.45, 2.75) is 26.3 Å². The molecule has 1 saturated heterocycles. The van der Waals surface area contributed by atoms with Gasteiger partial charge in [0.05, 0.1) is 0 Å². The Bertz CT molecular complexity index is 429. The van der Waals surface area contributed by atoms with Crippen LogP contribution in [0, 0.1) is 5.92 Å². The van der Waals surface area contributed by atoms with Crippen LogP contribution in [0.2, 0.25) is 0 Å². The number of rotatable bonds is 6. The average molecular weight is 290 g/mol. The van der Waals surface area contributed by atoms with Crippen LogP contribution in [-0.4, -0.2) is 53.4 Å². The van der Waals surface area contributed by atoms with Crippen molar-refractivity contribution in [2.24, 2.45) is 11.7 Å². The van der Waals surface area contributed by atoms with E-state index in [1.807, 2.05) is 17.2 Å². The van der Waals surface area contributed by atoms with Gasteiger partial charge in [-0.15, -0.1) is 0 Å². The van der Waals surface area contributed by atoms with Crippen molar-refractivity contribution >= 4 is 5.91 Å². The van der Waals surface area contributed by atoms with Crippen LogP contribution in [0.4, 0.5) is 0 Å². The highest BCUT2D eigenvalue weighted by atomic mass is 16.2. The highest BCUT2D eigenvalue weighted by molar-refractivity contribution is 5.76. The first-order valence-corrected chi connectivity index (χ1v) is 7.78. The molecule has 0 bridgehead atoms. The number of pyridine rings is 1. The maximum absolute atomic E-state index is 12.1. The average Bonchev–Trinajstić information content (AvgIpc) is 2.54. The van der Waals surface area contributed by atoms with E-state index in [1.54, 1.807) is 6.20 Å². The maximum Gasteiger partial charge on any atom is 0.222 e. The largest absolute Gasteiger partial charge is 0.340 e. The lowest BCUT2D eigenvalue weighted by molar-refractivity contribution is -0.133. The predicted molar refractivity (Wildman–Crippen MR) is 83.5 cm³/mol. The molecule has 1 unspecified atom stereocenters. The second kappa shape index (κ2) is 8.10. The molecule has 2 N–H and O–H groups in total. The molecular weight excluding hydrogens is 264 g/mol. The SMILES string of the molecule is CC(CN)CCC(=O)N1CCN(Cc2cccnc2)CC1. The van der Waals surface area contributed by atoms with E-state index in [-0.39, 0.29) is 5.91 Å². The molecule has 0 radical (unpaired) electrons. The van der Waals surface area contributed by atoms with Crippen LogP contribution < -0.4 is 5.73 Å². The van der Waals surface area contributed by atoms with E-state index < -0.39 is 0 Å². The third-order valence-corrected chi connectivity index (χ3v) is 4.11. The zero-order valence-corrected chi connectivity index (χ0v) is 12.9. The van der Waals surface area contributed by atoms with Gasteiger partial charge in [-0.25, -0.2) is 0 Å². The molecule has 0 aromatic carbocycles. The maximum atomic E-state index is 12.1. The van der Waals surface area contributed by atoms with E-state index in [4.69, 9.17) is 5.73 Å². The van der Waals surface area contributed by atoms with Crippen molar-refractivity contribution in [3.8, 4) is 0 Å². The summed E-state index contributed by atoms with van der Waals surface area (Å²) >= 11 is 0. The van der Waals surface area contributed by atoms with Crippen LogP contribution in [0.3, 0.4) is 0 Å². The Morgan fingerprint density at radius 2 is 2.14 bits per heavy atom. The lowest BCUT2D eigenvalue weighted by Crippen LogP contribution is -2.48. The van der Waals surface area contributed by atoms with E-state index in [0.717, 1.165) is 39.1 Å². The summed E-state index contributed by atoms with van der Waals surface area (Å²) in [6, 6.07) is 4.06. The molecule has 116 valence electrons. The smallest absolute Gasteiger partial charge is 0.222 e. The van der Waals surface area contributed by atoms with Gasteiger partial charge in [-0.3, -0.25) is 14.7 Å². The molecular formula is C16H26N4O. The molecule has 5 nitrogen and oxygen atoms in total. The molecule has 2 heterocycles. The summed E-state index contributed by atoms with van der Waals surface area (Å²) < 4.78 is 0. The third-order valence-electron chi connectivity index (χ3n) is 4.11. The summed E-state index contributed by atoms with van der Waals surface area (Å²) in [6.45, 7) is 7.21. The zero-order chi connectivity index (χ0) is 15.1. The van der Waals surface area contributed by atoms with Crippen LogP contribution in [0.25, 0.3) is 0 Å². The number of aromatic nitrogens is 1. The van der Waals surface area contributed by atoms with Crippen molar-refractivity contribution in [1.82, 2.24) is 14.8 Å². The summed E-state index contributed by atoms with van der Waals surface area (Å²) in [7, 11) is 0. The van der Waals surface area contributed by atoms with Crippen LogP contribution in [0.5, 0.6) is 0 Å². The van der Waals surface area contributed by atoms with Gasteiger partial charge in [0.25, 0.3) is 0 Å². The van der Waals surface area contributed by atoms with Crippen LogP contribution in [0.15, 0.2) is 24.5 Å². The lowest BCUT2D eigenvalue weighted by Gasteiger charge is -2.35. The Morgan fingerprint density at radius 1 is 1.38 bits per heavy atom. The zero-order valence-electron chi connectivity index (χ0n) is 12.9. The molecule has 1 aromatic rings. The Kier molecular flexibility index (Phi) is 6.14. The monoisotopic (exact) mass is 290 g/mol. The Balaban J connectivity index is 1.71. The first-order chi connectivity index (χ1) is 10.2. The second-order valence-electron chi connectivity index (χ2n) is 5.90. The van der Waals surface area contributed by atoms with Gasteiger partial charge in [-0.1, -0.05) is 13.0 Å².